The monoisotopic (exact) mass is 375 g/mol. The van der Waals surface area contributed by atoms with Crippen LogP contribution in [0.25, 0.3) is 10.9 Å². The zero-order valence-electron chi connectivity index (χ0n) is 15.9. The molecule has 5 rings (SSSR count). The van der Waals surface area contributed by atoms with Crippen molar-refractivity contribution in [1.82, 2.24) is 14.9 Å². The molecule has 28 heavy (non-hydrogen) atoms. The predicted octanol–water partition coefficient (Wildman–Crippen LogP) is 4.49. The number of fused-ring (bicyclic) bond motifs is 1. The zero-order valence-corrected chi connectivity index (χ0v) is 15.9. The number of aromatic nitrogens is 2. The fourth-order valence-corrected chi connectivity index (χ4v) is 4.16. The Hall–Kier alpha value is -2.82. The Labute approximate surface area is 164 Å². The van der Waals surface area contributed by atoms with Crippen LogP contribution >= 0.6 is 0 Å². The van der Waals surface area contributed by atoms with Crippen LogP contribution in [0.3, 0.4) is 0 Å². The second-order valence-corrected chi connectivity index (χ2v) is 7.95. The molecule has 2 heterocycles. The number of carbonyl (C=O) groups is 1. The van der Waals surface area contributed by atoms with E-state index in [2.05, 4.69) is 27.0 Å². The molecule has 1 N–H and O–H groups in total. The van der Waals surface area contributed by atoms with Crippen LogP contribution in [0.15, 0.2) is 54.9 Å². The van der Waals surface area contributed by atoms with Gasteiger partial charge in [0.1, 0.15) is 11.4 Å². The van der Waals surface area contributed by atoms with Gasteiger partial charge in [-0.3, -0.25) is 9.78 Å². The third-order valence-electron chi connectivity index (χ3n) is 5.84. The third kappa shape index (κ3) is 3.61. The van der Waals surface area contributed by atoms with Crippen molar-refractivity contribution in [2.75, 3.05) is 0 Å². The van der Waals surface area contributed by atoms with Gasteiger partial charge in [-0.2, -0.15) is 0 Å². The Balaban J connectivity index is 1.16. The molecule has 5 nitrogen and oxygen atoms in total. The summed E-state index contributed by atoms with van der Waals surface area (Å²) >= 11 is 0. The topological polar surface area (TPSA) is 56.1 Å². The predicted molar refractivity (Wildman–Crippen MR) is 109 cm³/mol. The summed E-state index contributed by atoms with van der Waals surface area (Å²) in [6, 6.07) is 14.7. The highest BCUT2D eigenvalue weighted by Gasteiger charge is 2.28. The molecular weight excluding hydrogens is 350 g/mol. The van der Waals surface area contributed by atoms with Gasteiger partial charge in [-0.15, -0.1) is 0 Å². The Morgan fingerprint density at radius 1 is 1.04 bits per heavy atom. The Morgan fingerprint density at radius 3 is 2.71 bits per heavy atom. The SMILES string of the molecule is O=C(NC1CCC(Oc2ccc3ncccc3c2)CC1)c1cccn1C1CC1. The molecule has 0 aliphatic heterocycles. The van der Waals surface area contributed by atoms with E-state index in [-0.39, 0.29) is 18.1 Å². The highest BCUT2D eigenvalue weighted by Crippen LogP contribution is 2.36. The molecule has 2 fully saturated rings. The van der Waals surface area contributed by atoms with Gasteiger partial charge in [0.15, 0.2) is 0 Å². The maximum absolute atomic E-state index is 12.7. The van der Waals surface area contributed by atoms with Crippen molar-refractivity contribution in [3.8, 4) is 5.75 Å². The van der Waals surface area contributed by atoms with Crippen molar-refractivity contribution in [3.63, 3.8) is 0 Å². The summed E-state index contributed by atoms with van der Waals surface area (Å²) in [7, 11) is 0. The standard InChI is InChI=1S/C23H25N3O2/c27-23(22-4-2-14-26(22)18-7-8-18)25-17-5-9-19(10-6-17)28-20-11-12-21-16(15-20)3-1-13-24-21/h1-4,11-15,17-19H,5-10H2,(H,25,27). The number of nitrogens with zero attached hydrogens (tertiary/aromatic N) is 2. The average molecular weight is 375 g/mol. The largest absolute Gasteiger partial charge is 0.490 e. The van der Waals surface area contributed by atoms with Gasteiger partial charge < -0.3 is 14.6 Å². The van der Waals surface area contributed by atoms with Crippen LogP contribution in [0.2, 0.25) is 0 Å². The van der Waals surface area contributed by atoms with E-state index in [0.29, 0.717) is 6.04 Å². The first-order valence-electron chi connectivity index (χ1n) is 10.3. The molecule has 1 amide bonds. The molecular formula is C23H25N3O2. The quantitative estimate of drug-likeness (QED) is 0.715. The summed E-state index contributed by atoms with van der Waals surface area (Å²) in [6.07, 6.45) is 10.2. The van der Waals surface area contributed by atoms with Gasteiger partial charge in [-0.25, -0.2) is 0 Å². The minimum Gasteiger partial charge on any atom is -0.490 e. The molecule has 0 bridgehead atoms. The first-order chi connectivity index (χ1) is 13.8. The van der Waals surface area contributed by atoms with E-state index in [1.165, 1.54) is 12.8 Å². The minimum atomic E-state index is 0.0586. The molecule has 0 spiro atoms. The first-order valence-corrected chi connectivity index (χ1v) is 10.3. The number of carbonyl (C=O) groups excluding carboxylic acids is 1. The lowest BCUT2D eigenvalue weighted by atomic mass is 9.92. The highest BCUT2D eigenvalue weighted by atomic mass is 16.5. The molecule has 0 unspecified atom stereocenters. The second-order valence-electron chi connectivity index (χ2n) is 7.95. The van der Waals surface area contributed by atoms with E-state index in [4.69, 9.17) is 4.74 Å². The maximum Gasteiger partial charge on any atom is 0.268 e. The lowest BCUT2D eigenvalue weighted by Gasteiger charge is -2.29. The lowest BCUT2D eigenvalue weighted by Crippen LogP contribution is -2.40. The van der Waals surface area contributed by atoms with Crippen LogP contribution in [0.5, 0.6) is 5.75 Å². The van der Waals surface area contributed by atoms with Gasteiger partial charge in [0.25, 0.3) is 5.91 Å². The smallest absolute Gasteiger partial charge is 0.268 e. The number of hydrogen-bond acceptors (Lipinski definition) is 3. The zero-order chi connectivity index (χ0) is 18.9. The third-order valence-corrected chi connectivity index (χ3v) is 5.84. The van der Waals surface area contributed by atoms with E-state index < -0.39 is 0 Å². The number of nitrogens with one attached hydrogen (secondary N) is 1. The number of amides is 1. The van der Waals surface area contributed by atoms with E-state index in [1.54, 1.807) is 6.20 Å². The fourth-order valence-electron chi connectivity index (χ4n) is 4.16. The molecule has 1 aromatic carbocycles. The van der Waals surface area contributed by atoms with Gasteiger partial charge >= 0.3 is 0 Å². The first kappa shape index (κ1) is 17.3. The molecule has 0 saturated heterocycles. The molecule has 2 aliphatic rings. The van der Waals surface area contributed by atoms with Crippen LogP contribution in [-0.4, -0.2) is 27.6 Å². The number of hydrogen-bond donors (Lipinski definition) is 1. The summed E-state index contributed by atoms with van der Waals surface area (Å²) in [6.45, 7) is 0. The Morgan fingerprint density at radius 2 is 1.89 bits per heavy atom. The molecule has 3 aromatic rings. The number of pyridine rings is 1. The lowest BCUT2D eigenvalue weighted by molar-refractivity contribution is 0.0885. The molecule has 2 saturated carbocycles. The second kappa shape index (κ2) is 7.30. The van der Waals surface area contributed by atoms with Gasteiger partial charge in [-0.1, -0.05) is 6.07 Å². The van der Waals surface area contributed by atoms with Crippen LogP contribution in [-0.2, 0) is 0 Å². The summed E-state index contributed by atoms with van der Waals surface area (Å²) in [5.41, 5.74) is 1.78. The summed E-state index contributed by atoms with van der Waals surface area (Å²) < 4.78 is 8.33. The molecule has 5 heteroatoms. The van der Waals surface area contributed by atoms with Crippen LogP contribution < -0.4 is 10.1 Å². The van der Waals surface area contributed by atoms with Crippen molar-refractivity contribution in [2.24, 2.45) is 0 Å². The van der Waals surface area contributed by atoms with E-state index in [9.17, 15) is 4.79 Å². The maximum atomic E-state index is 12.7. The fraction of sp³-hybridized carbons (Fsp3) is 0.391. The van der Waals surface area contributed by atoms with E-state index in [1.807, 2.05) is 36.5 Å². The Kier molecular flexibility index (Phi) is 4.51. The summed E-state index contributed by atoms with van der Waals surface area (Å²) in [5, 5.41) is 4.33. The minimum absolute atomic E-state index is 0.0586. The van der Waals surface area contributed by atoms with Gasteiger partial charge in [0.2, 0.25) is 0 Å². The van der Waals surface area contributed by atoms with Crippen LogP contribution in [0.4, 0.5) is 0 Å². The molecule has 144 valence electrons. The number of benzene rings is 1. The van der Waals surface area contributed by atoms with Crippen LogP contribution in [0, 0.1) is 0 Å². The van der Waals surface area contributed by atoms with Crippen LogP contribution in [0.1, 0.15) is 55.1 Å². The van der Waals surface area contributed by atoms with Gasteiger partial charge in [-0.05, 0) is 74.9 Å². The van der Waals surface area contributed by atoms with Crippen molar-refractivity contribution in [1.29, 1.82) is 0 Å². The highest BCUT2D eigenvalue weighted by molar-refractivity contribution is 5.93. The van der Waals surface area contributed by atoms with E-state index in [0.717, 1.165) is 48.0 Å². The summed E-state index contributed by atoms with van der Waals surface area (Å²) in [4.78, 5) is 17.0. The molecule has 0 radical (unpaired) electrons. The molecule has 0 atom stereocenters. The van der Waals surface area contributed by atoms with Gasteiger partial charge in [0, 0.05) is 29.9 Å². The summed E-state index contributed by atoms with van der Waals surface area (Å²) in [5.74, 6) is 0.957. The van der Waals surface area contributed by atoms with Crippen molar-refractivity contribution in [3.05, 3.63) is 60.6 Å². The molecule has 2 aliphatic carbocycles. The average Bonchev–Trinajstić information content (AvgIpc) is 3.45. The normalized spacial score (nSPS) is 22.1. The van der Waals surface area contributed by atoms with Crippen molar-refractivity contribution >= 4 is 16.8 Å². The molecule has 2 aromatic heterocycles. The van der Waals surface area contributed by atoms with Crippen molar-refractivity contribution in [2.45, 2.75) is 56.7 Å². The number of rotatable bonds is 5. The van der Waals surface area contributed by atoms with Gasteiger partial charge in [0.05, 0.1) is 11.6 Å². The van der Waals surface area contributed by atoms with Crippen molar-refractivity contribution < 1.29 is 9.53 Å². The Bertz CT molecular complexity index is 984. The number of ether oxygens (including phenoxy) is 1. The van der Waals surface area contributed by atoms with E-state index >= 15 is 0 Å².